The lowest BCUT2D eigenvalue weighted by atomic mass is 10.2. The number of amides is 3. The average Bonchev–Trinajstić information content (AvgIpc) is 2.18. The zero-order valence-electron chi connectivity index (χ0n) is 7.99. The molecule has 0 aliphatic heterocycles. The van der Waals surface area contributed by atoms with Gasteiger partial charge in [0.05, 0.1) is 5.56 Å². The highest BCUT2D eigenvalue weighted by Crippen LogP contribution is 2.09. The molecule has 0 saturated heterocycles. The molecule has 0 aliphatic rings. The van der Waals surface area contributed by atoms with E-state index in [-0.39, 0.29) is 5.56 Å². The quantitative estimate of drug-likeness (QED) is 0.626. The van der Waals surface area contributed by atoms with Crippen LogP contribution >= 0.6 is 0 Å². The summed E-state index contributed by atoms with van der Waals surface area (Å²) in [5.74, 6) is -0.549. The van der Waals surface area contributed by atoms with Gasteiger partial charge in [-0.15, -0.1) is 0 Å². The molecule has 0 radical (unpaired) electrons. The van der Waals surface area contributed by atoms with Crippen LogP contribution in [0.1, 0.15) is 10.4 Å². The maximum atomic E-state index is 11.5. The number of nitrogens with two attached hydrogens (primary N) is 1. The van der Waals surface area contributed by atoms with Crippen molar-refractivity contribution in [2.45, 2.75) is 0 Å². The van der Waals surface area contributed by atoms with Gasteiger partial charge < -0.3 is 11.1 Å². The average molecular weight is 205 g/mol. The van der Waals surface area contributed by atoms with Gasteiger partial charge in [0.1, 0.15) is 0 Å². The summed E-state index contributed by atoms with van der Waals surface area (Å²) in [4.78, 5) is 22.4. The molecule has 1 aromatic rings. The first kappa shape index (κ1) is 10.8. The molecule has 0 aromatic heterocycles. The zero-order valence-corrected chi connectivity index (χ0v) is 7.99. The van der Waals surface area contributed by atoms with E-state index < -0.39 is 11.9 Å². The first-order valence-electron chi connectivity index (χ1n) is 4.22. The lowest BCUT2D eigenvalue weighted by molar-refractivity contribution is 0.0965. The third-order valence-electron chi connectivity index (χ3n) is 1.67. The summed E-state index contributed by atoms with van der Waals surface area (Å²) in [6.45, 7) is 3.29. The molecule has 15 heavy (non-hydrogen) atoms. The van der Waals surface area contributed by atoms with Crippen molar-refractivity contribution in [2.24, 2.45) is 0 Å². The van der Waals surface area contributed by atoms with E-state index >= 15 is 0 Å². The van der Waals surface area contributed by atoms with Crippen molar-refractivity contribution in [3.63, 3.8) is 0 Å². The number of urea groups is 1. The van der Waals surface area contributed by atoms with Crippen LogP contribution in [0, 0.1) is 0 Å². The Hall–Kier alpha value is -2.30. The number of nitrogen functional groups attached to an aromatic ring is 1. The number of rotatable bonds is 2. The van der Waals surface area contributed by atoms with Crippen molar-refractivity contribution in [1.82, 2.24) is 10.6 Å². The van der Waals surface area contributed by atoms with Gasteiger partial charge in [-0.25, -0.2) is 4.79 Å². The van der Waals surface area contributed by atoms with Gasteiger partial charge in [-0.3, -0.25) is 10.1 Å². The molecule has 0 bridgehead atoms. The second-order valence-corrected chi connectivity index (χ2v) is 2.72. The van der Waals surface area contributed by atoms with Crippen LogP contribution in [0.5, 0.6) is 0 Å². The monoisotopic (exact) mass is 205 g/mol. The van der Waals surface area contributed by atoms with Crippen LogP contribution in [-0.4, -0.2) is 11.9 Å². The minimum atomic E-state index is -0.641. The Balaban J connectivity index is 2.74. The van der Waals surface area contributed by atoms with Crippen LogP contribution in [0.25, 0.3) is 0 Å². The van der Waals surface area contributed by atoms with E-state index in [0.29, 0.717) is 5.69 Å². The van der Waals surface area contributed by atoms with Crippen molar-refractivity contribution in [2.75, 3.05) is 5.73 Å². The number of hydrogen-bond acceptors (Lipinski definition) is 3. The number of para-hydroxylation sites is 1. The number of imide groups is 1. The first-order valence-corrected chi connectivity index (χ1v) is 4.22. The molecule has 0 heterocycles. The molecule has 0 fully saturated rings. The van der Waals surface area contributed by atoms with Gasteiger partial charge in [0.2, 0.25) is 0 Å². The highest BCUT2D eigenvalue weighted by molar-refractivity contribution is 6.07. The number of carbonyl (C=O) groups is 2. The van der Waals surface area contributed by atoms with Crippen LogP contribution in [0.4, 0.5) is 10.5 Å². The molecule has 0 saturated carbocycles. The van der Waals surface area contributed by atoms with Gasteiger partial charge in [-0.2, -0.15) is 0 Å². The number of benzene rings is 1. The molecular formula is C10H11N3O2. The summed E-state index contributed by atoms with van der Waals surface area (Å²) in [6.07, 6.45) is 1.18. The maximum Gasteiger partial charge on any atom is 0.325 e. The fourth-order valence-electron chi connectivity index (χ4n) is 1.00. The first-order chi connectivity index (χ1) is 7.15. The van der Waals surface area contributed by atoms with E-state index in [0.717, 1.165) is 0 Å². The van der Waals surface area contributed by atoms with E-state index in [4.69, 9.17) is 5.73 Å². The Bertz CT molecular complexity index is 401. The third kappa shape index (κ3) is 2.84. The second-order valence-electron chi connectivity index (χ2n) is 2.72. The van der Waals surface area contributed by atoms with Gasteiger partial charge in [0.25, 0.3) is 5.91 Å². The SMILES string of the molecule is C=CNC(=O)NC(=O)c1ccccc1N. The highest BCUT2D eigenvalue weighted by Gasteiger charge is 2.11. The van der Waals surface area contributed by atoms with Crippen molar-refractivity contribution in [3.8, 4) is 0 Å². The Morgan fingerprint density at radius 3 is 2.60 bits per heavy atom. The molecule has 0 unspecified atom stereocenters. The van der Waals surface area contributed by atoms with E-state index in [1.54, 1.807) is 18.2 Å². The molecule has 78 valence electrons. The summed E-state index contributed by atoms with van der Waals surface area (Å²) in [7, 11) is 0. The van der Waals surface area contributed by atoms with Crippen LogP contribution in [0.3, 0.4) is 0 Å². The number of hydrogen-bond donors (Lipinski definition) is 3. The predicted molar refractivity (Wildman–Crippen MR) is 57.0 cm³/mol. The van der Waals surface area contributed by atoms with Crippen molar-refractivity contribution < 1.29 is 9.59 Å². The zero-order chi connectivity index (χ0) is 11.3. The van der Waals surface area contributed by atoms with Crippen molar-refractivity contribution in [3.05, 3.63) is 42.6 Å². The molecule has 1 aromatic carbocycles. The summed E-state index contributed by atoms with van der Waals surface area (Å²) < 4.78 is 0. The molecule has 0 aliphatic carbocycles. The molecule has 4 N–H and O–H groups in total. The van der Waals surface area contributed by atoms with Gasteiger partial charge in [0, 0.05) is 5.69 Å². The highest BCUT2D eigenvalue weighted by atomic mass is 16.2. The summed E-state index contributed by atoms with van der Waals surface area (Å²) in [5, 5.41) is 4.32. The van der Waals surface area contributed by atoms with Gasteiger partial charge in [-0.05, 0) is 18.3 Å². The predicted octanol–water partition coefficient (Wildman–Crippen LogP) is 0.852. The lowest BCUT2D eigenvalue weighted by Gasteiger charge is -2.05. The Labute approximate surface area is 87.0 Å². The van der Waals surface area contributed by atoms with Crippen LogP contribution < -0.4 is 16.4 Å². The minimum absolute atomic E-state index is 0.261. The number of nitrogens with one attached hydrogen (secondary N) is 2. The van der Waals surface area contributed by atoms with Crippen LogP contribution in [0.15, 0.2) is 37.0 Å². The van der Waals surface area contributed by atoms with Gasteiger partial charge >= 0.3 is 6.03 Å². The maximum absolute atomic E-state index is 11.5. The fraction of sp³-hybridized carbons (Fsp3) is 0. The van der Waals surface area contributed by atoms with Crippen molar-refractivity contribution >= 4 is 17.6 Å². The number of carbonyl (C=O) groups excluding carboxylic acids is 2. The normalized spacial score (nSPS) is 9.07. The van der Waals surface area contributed by atoms with E-state index in [1.165, 1.54) is 12.3 Å². The van der Waals surface area contributed by atoms with E-state index in [2.05, 4.69) is 17.2 Å². The summed E-state index contributed by atoms with van der Waals surface area (Å²) >= 11 is 0. The molecule has 0 atom stereocenters. The molecule has 0 spiro atoms. The molecule has 5 nitrogen and oxygen atoms in total. The Morgan fingerprint density at radius 1 is 1.33 bits per heavy atom. The topological polar surface area (TPSA) is 84.2 Å². The fourth-order valence-corrected chi connectivity index (χ4v) is 1.00. The van der Waals surface area contributed by atoms with E-state index in [9.17, 15) is 9.59 Å². The van der Waals surface area contributed by atoms with Crippen molar-refractivity contribution in [1.29, 1.82) is 0 Å². The third-order valence-corrected chi connectivity index (χ3v) is 1.67. The van der Waals surface area contributed by atoms with Crippen LogP contribution in [0.2, 0.25) is 0 Å². The standard InChI is InChI=1S/C10H11N3O2/c1-2-12-10(15)13-9(14)7-5-3-4-6-8(7)11/h2-6H,1,11H2,(H2,12,13,14,15). The van der Waals surface area contributed by atoms with Crippen LogP contribution in [-0.2, 0) is 0 Å². The Morgan fingerprint density at radius 2 is 2.00 bits per heavy atom. The second kappa shape index (κ2) is 4.80. The Kier molecular flexibility index (Phi) is 3.45. The number of anilines is 1. The molecule has 5 heteroatoms. The van der Waals surface area contributed by atoms with Gasteiger partial charge in [-0.1, -0.05) is 18.7 Å². The molecule has 3 amide bonds. The smallest absolute Gasteiger partial charge is 0.325 e. The van der Waals surface area contributed by atoms with E-state index in [1.807, 2.05) is 0 Å². The minimum Gasteiger partial charge on any atom is -0.398 e. The molecular weight excluding hydrogens is 194 g/mol. The summed E-state index contributed by atoms with van der Waals surface area (Å²) in [5.41, 5.74) is 6.14. The lowest BCUT2D eigenvalue weighted by Crippen LogP contribution is -2.37. The molecule has 1 rings (SSSR count). The largest absolute Gasteiger partial charge is 0.398 e. The summed E-state index contributed by atoms with van der Waals surface area (Å²) in [6, 6.07) is 5.84. The van der Waals surface area contributed by atoms with Gasteiger partial charge in [0.15, 0.2) is 0 Å².